The summed E-state index contributed by atoms with van der Waals surface area (Å²) in [5.74, 6) is 0. The second kappa shape index (κ2) is 7.02. The molecule has 0 saturated carbocycles. The van der Waals surface area contributed by atoms with Crippen molar-refractivity contribution in [1.29, 1.82) is 0 Å². The van der Waals surface area contributed by atoms with E-state index in [0.717, 1.165) is 5.56 Å². The zero-order chi connectivity index (χ0) is 13.7. The van der Waals surface area contributed by atoms with Crippen LogP contribution in [0.15, 0.2) is 30.3 Å². The van der Waals surface area contributed by atoms with Gasteiger partial charge >= 0.3 is 0 Å². The van der Waals surface area contributed by atoms with Gasteiger partial charge in [0.25, 0.3) is 0 Å². The fourth-order valence-corrected chi connectivity index (χ4v) is 2.83. The first kappa shape index (κ1) is 15.3. The molecule has 1 rings (SSSR count). The van der Waals surface area contributed by atoms with Crippen molar-refractivity contribution in [1.82, 2.24) is 4.90 Å². The van der Waals surface area contributed by atoms with Crippen molar-refractivity contribution in [3.05, 3.63) is 35.9 Å². The van der Waals surface area contributed by atoms with Gasteiger partial charge in [-0.25, -0.2) is 0 Å². The molecule has 102 valence electrons. The fraction of sp³-hybridized carbons (Fsp3) is 0.571. The Morgan fingerprint density at radius 2 is 1.61 bits per heavy atom. The van der Waals surface area contributed by atoms with Crippen LogP contribution in [0.3, 0.4) is 0 Å². The van der Waals surface area contributed by atoms with Crippen LogP contribution in [-0.2, 0) is 11.1 Å². The van der Waals surface area contributed by atoms with E-state index in [1.165, 1.54) is 0 Å². The average molecular weight is 268 g/mol. The van der Waals surface area contributed by atoms with Crippen molar-refractivity contribution >= 4 is 11.1 Å². The molecule has 0 fully saturated rings. The molecule has 0 bridgehead atoms. The zero-order valence-corrected chi connectivity index (χ0v) is 12.3. The molecule has 0 saturated heterocycles. The lowest BCUT2D eigenvalue weighted by atomic mass is 10.1. The lowest BCUT2D eigenvalue weighted by Crippen LogP contribution is -2.40. The van der Waals surface area contributed by atoms with E-state index >= 15 is 0 Å². The summed E-state index contributed by atoms with van der Waals surface area (Å²) in [7, 11) is 0. The number of benzene rings is 1. The highest BCUT2D eigenvalue weighted by Crippen LogP contribution is 2.22. The number of rotatable bonds is 6. The average Bonchev–Trinajstić information content (AvgIpc) is 2.29. The van der Waals surface area contributed by atoms with E-state index in [0.29, 0.717) is 18.6 Å². The molecule has 0 aliphatic heterocycles. The van der Waals surface area contributed by atoms with Crippen LogP contribution in [0.5, 0.6) is 0 Å². The Labute approximate surface area is 112 Å². The lowest BCUT2D eigenvalue weighted by Gasteiger charge is -2.34. The second-order valence-electron chi connectivity index (χ2n) is 5.04. The summed E-state index contributed by atoms with van der Waals surface area (Å²) < 4.78 is 22.9. The van der Waals surface area contributed by atoms with Gasteiger partial charge < -0.3 is 4.55 Å². The maximum atomic E-state index is 11.5. The third-order valence-electron chi connectivity index (χ3n) is 3.11. The largest absolute Gasteiger partial charge is 0.772 e. The molecule has 1 aromatic rings. The minimum absolute atomic E-state index is 0.333. The Hall–Kier alpha value is -0.710. The predicted molar refractivity (Wildman–Crippen MR) is 75.1 cm³/mol. The van der Waals surface area contributed by atoms with Gasteiger partial charge in [0.05, 0.1) is 5.25 Å². The molecule has 0 N–H and O–H groups in total. The van der Waals surface area contributed by atoms with Crippen molar-refractivity contribution in [3.8, 4) is 0 Å². The molecule has 0 aromatic heterocycles. The molecule has 0 heterocycles. The number of nitrogens with zero attached hydrogens (tertiary/aromatic N) is 1. The first-order chi connectivity index (χ1) is 8.43. The van der Waals surface area contributed by atoms with Crippen molar-refractivity contribution < 1.29 is 8.76 Å². The summed E-state index contributed by atoms with van der Waals surface area (Å²) in [4.78, 5) is 2.20. The topological polar surface area (TPSA) is 43.4 Å². The Morgan fingerprint density at radius 3 is 2.00 bits per heavy atom. The molecule has 4 heteroatoms. The van der Waals surface area contributed by atoms with E-state index in [1.54, 1.807) is 0 Å². The Kier molecular flexibility index (Phi) is 5.99. The molecule has 3 nitrogen and oxygen atoms in total. The quantitative estimate of drug-likeness (QED) is 0.745. The van der Waals surface area contributed by atoms with Crippen LogP contribution in [0.2, 0.25) is 0 Å². The van der Waals surface area contributed by atoms with Crippen LogP contribution in [0, 0.1) is 0 Å². The zero-order valence-electron chi connectivity index (χ0n) is 11.5. The van der Waals surface area contributed by atoms with Gasteiger partial charge in [-0.05, 0) is 44.3 Å². The molecule has 0 spiro atoms. The van der Waals surface area contributed by atoms with Gasteiger partial charge in [-0.1, -0.05) is 30.3 Å². The number of hydrogen-bond acceptors (Lipinski definition) is 3. The minimum atomic E-state index is -2.10. The van der Waals surface area contributed by atoms with Crippen molar-refractivity contribution in [2.24, 2.45) is 0 Å². The maximum Gasteiger partial charge on any atom is 0.0592 e. The SMILES string of the molecule is CC(C)N(CC(c1ccccc1)S(=O)[O-])C(C)C. The van der Waals surface area contributed by atoms with E-state index in [9.17, 15) is 8.76 Å². The van der Waals surface area contributed by atoms with Gasteiger partial charge in [-0.2, -0.15) is 0 Å². The highest BCUT2D eigenvalue weighted by Gasteiger charge is 2.20. The molecule has 0 amide bonds. The normalized spacial score (nSPS) is 15.3. The van der Waals surface area contributed by atoms with E-state index in [-0.39, 0.29) is 0 Å². The van der Waals surface area contributed by atoms with Crippen LogP contribution in [0.25, 0.3) is 0 Å². The van der Waals surface area contributed by atoms with Gasteiger partial charge in [0.1, 0.15) is 0 Å². The van der Waals surface area contributed by atoms with Crippen molar-refractivity contribution in [3.63, 3.8) is 0 Å². The van der Waals surface area contributed by atoms with Gasteiger partial charge in [-0.15, -0.1) is 0 Å². The molecule has 0 radical (unpaired) electrons. The monoisotopic (exact) mass is 268 g/mol. The minimum Gasteiger partial charge on any atom is -0.772 e. The van der Waals surface area contributed by atoms with Gasteiger partial charge in [0, 0.05) is 18.6 Å². The molecule has 0 aliphatic rings. The Morgan fingerprint density at radius 1 is 1.11 bits per heavy atom. The summed E-state index contributed by atoms with van der Waals surface area (Å²) in [6.07, 6.45) is 0. The summed E-state index contributed by atoms with van der Waals surface area (Å²) in [6, 6.07) is 10.1. The second-order valence-corrected chi connectivity index (χ2v) is 6.13. The predicted octanol–water partition coefficient (Wildman–Crippen LogP) is 2.73. The lowest BCUT2D eigenvalue weighted by molar-refractivity contribution is 0.174. The molecule has 18 heavy (non-hydrogen) atoms. The summed E-state index contributed by atoms with van der Waals surface area (Å²) in [5.41, 5.74) is 0.858. The first-order valence-electron chi connectivity index (χ1n) is 6.32. The molecular weight excluding hydrogens is 246 g/mol. The molecule has 2 unspecified atom stereocenters. The standard InChI is InChI=1S/C14H23NO2S/c1-11(2)15(12(3)4)10-14(18(16)17)13-8-6-5-7-9-13/h5-9,11-12,14H,10H2,1-4H3,(H,16,17)/p-1. The van der Waals surface area contributed by atoms with Crippen LogP contribution in [-0.4, -0.2) is 32.3 Å². The van der Waals surface area contributed by atoms with E-state index in [2.05, 4.69) is 32.6 Å². The summed E-state index contributed by atoms with van der Waals surface area (Å²) in [5, 5.41) is -0.462. The maximum absolute atomic E-state index is 11.5. The van der Waals surface area contributed by atoms with Crippen molar-refractivity contribution in [2.45, 2.75) is 45.0 Å². The molecule has 1 aromatic carbocycles. The highest BCUT2D eigenvalue weighted by molar-refractivity contribution is 7.79. The van der Waals surface area contributed by atoms with Crippen LogP contribution >= 0.6 is 0 Å². The van der Waals surface area contributed by atoms with E-state index in [4.69, 9.17) is 0 Å². The smallest absolute Gasteiger partial charge is 0.0592 e. The molecule has 2 atom stereocenters. The van der Waals surface area contributed by atoms with Gasteiger partial charge in [0.15, 0.2) is 0 Å². The summed E-state index contributed by atoms with van der Waals surface area (Å²) >= 11 is -2.10. The van der Waals surface area contributed by atoms with E-state index < -0.39 is 16.3 Å². The molecule has 0 aliphatic carbocycles. The van der Waals surface area contributed by atoms with Gasteiger partial charge in [0.2, 0.25) is 0 Å². The van der Waals surface area contributed by atoms with Crippen molar-refractivity contribution in [2.75, 3.05) is 6.54 Å². The van der Waals surface area contributed by atoms with Crippen LogP contribution in [0.4, 0.5) is 0 Å². The van der Waals surface area contributed by atoms with E-state index in [1.807, 2.05) is 30.3 Å². The fourth-order valence-electron chi connectivity index (χ4n) is 2.15. The van der Waals surface area contributed by atoms with Gasteiger partial charge in [-0.3, -0.25) is 9.11 Å². The molecular formula is C14H22NO2S-. The Balaban J connectivity index is 2.90. The third-order valence-corrected chi connectivity index (χ3v) is 3.99. The Bertz CT molecular complexity index is 371. The first-order valence-corrected chi connectivity index (χ1v) is 7.46. The third kappa shape index (κ3) is 4.19. The highest BCUT2D eigenvalue weighted by atomic mass is 32.2. The van der Waals surface area contributed by atoms with Crippen LogP contribution in [0.1, 0.15) is 38.5 Å². The van der Waals surface area contributed by atoms with Crippen LogP contribution < -0.4 is 0 Å². The number of hydrogen-bond donors (Lipinski definition) is 0. The summed E-state index contributed by atoms with van der Waals surface area (Å²) in [6.45, 7) is 8.91.